The van der Waals surface area contributed by atoms with Crippen LogP contribution in [0.1, 0.15) is 39.0 Å². The molecule has 0 fully saturated rings. The van der Waals surface area contributed by atoms with Crippen LogP contribution in [0, 0.1) is 5.82 Å². The maximum absolute atomic E-state index is 12.9. The van der Waals surface area contributed by atoms with E-state index in [4.69, 9.17) is 9.47 Å². The molecule has 0 radical (unpaired) electrons. The molecule has 1 aromatic carbocycles. The van der Waals surface area contributed by atoms with E-state index in [0.717, 1.165) is 32.5 Å². The molecule has 0 saturated carbocycles. The van der Waals surface area contributed by atoms with Crippen LogP contribution in [0.4, 0.5) is 4.39 Å². The highest BCUT2D eigenvalue weighted by Gasteiger charge is 1.96. The molecule has 0 unspecified atom stereocenters. The first-order chi connectivity index (χ1) is 8.83. The summed E-state index contributed by atoms with van der Waals surface area (Å²) in [7, 11) is 0. The number of rotatable bonds is 10. The van der Waals surface area contributed by atoms with E-state index in [1.54, 1.807) is 12.1 Å². The van der Waals surface area contributed by atoms with Gasteiger partial charge in [0.1, 0.15) is 11.6 Å². The van der Waals surface area contributed by atoms with E-state index in [2.05, 4.69) is 0 Å². The van der Waals surface area contributed by atoms with Crippen molar-refractivity contribution < 1.29 is 13.9 Å². The van der Waals surface area contributed by atoms with Crippen LogP contribution in [0.2, 0.25) is 0 Å². The molecule has 18 heavy (non-hydrogen) atoms. The van der Waals surface area contributed by atoms with Crippen molar-refractivity contribution in [2.45, 2.75) is 39.0 Å². The summed E-state index contributed by atoms with van der Waals surface area (Å²) in [6.07, 6.45) is 5.73. The molecular formula is C15H23FO2. The summed E-state index contributed by atoms with van der Waals surface area (Å²) >= 11 is 0. The van der Waals surface area contributed by atoms with Crippen LogP contribution < -0.4 is 4.74 Å². The number of ether oxygens (including phenoxy) is 2. The summed E-state index contributed by atoms with van der Waals surface area (Å²) in [5.41, 5.74) is 0. The van der Waals surface area contributed by atoms with Crippen molar-refractivity contribution in [1.29, 1.82) is 0 Å². The van der Waals surface area contributed by atoms with Crippen LogP contribution in [-0.4, -0.2) is 19.8 Å². The van der Waals surface area contributed by atoms with Crippen molar-refractivity contribution in [1.82, 2.24) is 0 Å². The summed E-state index contributed by atoms with van der Waals surface area (Å²) in [6.45, 7) is 4.36. The van der Waals surface area contributed by atoms with Crippen molar-refractivity contribution in [3.05, 3.63) is 30.1 Å². The largest absolute Gasteiger partial charge is 0.493 e. The van der Waals surface area contributed by atoms with E-state index in [1.807, 2.05) is 6.92 Å². The van der Waals surface area contributed by atoms with E-state index in [0.29, 0.717) is 12.4 Å². The Hall–Kier alpha value is -1.09. The summed E-state index contributed by atoms with van der Waals surface area (Å²) in [5.74, 6) is 0.370. The molecule has 2 nitrogen and oxygen atoms in total. The van der Waals surface area contributed by atoms with Crippen LogP contribution in [0.25, 0.3) is 0 Å². The van der Waals surface area contributed by atoms with Gasteiger partial charge < -0.3 is 9.47 Å². The maximum Gasteiger partial charge on any atom is 0.126 e. The number of unbranched alkanes of at least 4 members (excludes halogenated alkanes) is 4. The van der Waals surface area contributed by atoms with E-state index in [9.17, 15) is 4.39 Å². The van der Waals surface area contributed by atoms with Gasteiger partial charge in [0.15, 0.2) is 0 Å². The summed E-state index contributed by atoms with van der Waals surface area (Å²) < 4.78 is 23.6. The molecule has 3 heteroatoms. The lowest BCUT2D eigenvalue weighted by Crippen LogP contribution is -1.98. The Bertz CT molecular complexity index is 315. The van der Waals surface area contributed by atoms with E-state index < -0.39 is 0 Å². The predicted molar refractivity (Wildman–Crippen MR) is 71.5 cm³/mol. The van der Waals surface area contributed by atoms with Crippen LogP contribution in [-0.2, 0) is 4.74 Å². The molecule has 0 spiro atoms. The molecule has 0 aliphatic rings. The molecule has 0 N–H and O–H groups in total. The van der Waals surface area contributed by atoms with Gasteiger partial charge in [-0.05, 0) is 31.9 Å². The summed E-state index contributed by atoms with van der Waals surface area (Å²) in [5, 5.41) is 0. The fraction of sp³-hybridized carbons (Fsp3) is 0.600. The molecule has 102 valence electrons. The third kappa shape index (κ3) is 7.28. The van der Waals surface area contributed by atoms with Gasteiger partial charge in [0.25, 0.3) is 0 Å². The fourth-order valence-electron chi connectivity index (χ4n) is 1.73. The number of hydrogen-bond acceptors (Lipinski definition) is 2. The number of halogens is 1. The highest BCUT2D eigenvalue weighted by Crippen LogP contribution is 2.12. The topological polar surface area (TPSA) is 18.5 Å². The third-order valence-electron chi connectivity index (χ3n) is 2.70. The standard InChI is InChI=1S/C15H23FO2/c1-2-17-11-6-4-3-5-7-12-18-15-10-8-9-14(16)13-15/h8-10,13H,2-7,11-12H2,1H3. The average molecular weight is 254 g/mol. The summed E-state index contributed by atoms with van der Waals surface area (Å²) in [6, 6.07) is 6.29. The molecule has 0 aromatic heterocycles. The molecule has 0 heterocycles. The van der Waals surface area contributed by atoms with Crippen molar-refractivity contribution in [3.63, 3.8) is 0 Å². The zero-order valence-electron chi connectivity index (χ0n) is 11.2. The molecule has 0 saturated heterocycles. The van der Waals surface area contributed by atoms with Crippen molar-refractivity contribution in [2.75, 3.05) is 19.8 Å². The van der Waals surface area contributed by atoms with Gasteiger partial charge in [-0.25, -0.2) is 4.39 Å². The predicted octanol–water partition coefficient (Wildman–Crippen LogP) is 4.19. The normalized spacial score (nSPS) is 10.6. The molecule has 0 aliphatic carbocycles. The number of benzene rings is 1. The van der Waals surface area contributed by atoms with E-state index in [-0.39, 0.29) is 5.82 Å². The fourth-order valence-corrected chi connectivity index (χ4v) is 1.73. The molecule has 0 amide bonds. The first kappa shape index (κ1) is 15.0. The second kappa shape index (κ2) is 9.89. The van der Waals surface area contributed by atoms with Crippen LogP contribution in [0.5, 0.6) is 5.75 Å². The first-order valence-corrected chi connectivity index (χ1v) is 6.79. The Morgan fingerprint density at radius 2 is 1.72 bits per heavy atom. The second-order valence-electron chi connectivity index (χ2n) is 4.27. The van der Waals surface area contributed by atoms with Gasteiger partial charge in [0, 0.05) is 19.3 Å². The minimum Gasteiger partial charge on any atom is -0.493 e. The molecule has 1 aromatic rings. The second-order valence-corrected chi connectivity index (χ2v) is 4.27. The lowest BCUT2D eigenvalue weighted by molar-refractivity contribution is 0.142. The average Bonchev–Trinajstić information content (AvgIpc) is 2.37. The van der Waals surface area contributed by atoms with Crippen LogP contribution in [0.3, 0.4) is 0 Å². The first-order valence-electron chi connectivity index (χ1n) is 6.79. The monoisotopic (exact) mass is 254 g/mol. The molecule has 0 atom stereocenters. The van der Waals surface area contributed by atoms with Crippen molar-refractivity contribution >= 4 is 0 Å². The Morgan fingerprint density at radius 1 is 1.00 bits per heavy atom. The van der Waals surface area contributed by atoms with Crippen molar-refractivity contribution in [2.24, 2.45) is 0 Å². The molecule has 0 bridgehead atoms. The number of hydrogen-bond donors (Lipinski definition) is 0. The Kier molecular flexibility index (Phi) is 8.23. The summed E-state index contributed by atoms with van der Waals surface area (Å²) in [4.78, 5) is 0. The maximum atomic E-state index is 12.9. The van der Waals surface area contributed by atoms with Crippen molar-refractivity contribution in [3.8, 4) is 5.75 Å². The van der Waals surface area contributed by atoms with Crippen LogP contribution >= 0.6 is 0 Å². The van der Waals surface area contributed by atoms with Gasteiger partial charge in [-0.3, -0.25) is 0 Å². The Balaban J connectivity index is 1.92. The van der Waals surface area contributed by atoms with Gasteiger partial charge in [-0.1, -0.05) is 25.3 Å². The third-order valence-corrected chi connectivity index (χ3v) is 2.70. The van der Waals surface area contributed by atoms with Gasteiger partial charge in [0.2, 0.25) is 0 Å². The van der Waals surface area contributed by atoms with E-state index >= 15 is 0 Å². The van der Waals surface area contributed by atoms with Gasteiger partial charge >= 0.3 is 0 Å². The minimum absolute atomic E-state index is 0.247. The lowest BCUT2D eigenvalue weighted by Gasteiger charge is -2.06. The van der Waals surface area contributed by atoms with Crippen LogP contribution in [0.15, 0.2) is 24.3 Å². The Morgan fingerprint density at radius 3 is 2.44 bits per heavy atom. The zero-order valence-corrected chi connectivity index (χ0v) is 11.2. The van der Waals surface area contributed by atoms with Gasteiger partial charge in [-0.2, -0.15) is 0 Å². The SMILES string of the molecule is CCOCCCCCCCOc1cccc(F)c1. The zero-order chi connectivity index (χ0) is 13.1. The van der Waals surface area contributed by atoms with Gasteiger partial charge in [-0.15, -0.1) is 0 Å². The lowest BCUT2D eigenvalue weighted by atomic mass is 10.1. The molecular weight excluding hydrogens is 231 g/mol. The molecule has 0 aliphatic heterocycles. The smallest absolute Gasteiger partial charge is 0.126 e. The highest BCUT2D eigenvalue weighted by atomic mass is 19.1. The Labute approximate surface area is 109 Å². The molecule has 1 rings (SSSR count). The van der Waals surface area contributed by atoms with Gasteiger partial charge in [0.05, 0.1) is 6.61 Å². The quantitative estimate of drug-likeness (QED) is 0.583. The highest BCUT2D eigenvalue weighted by molar-refractivity contribution is 5.22. The minimum atomic E-state index is -0.247. The van der Waals surface area contributed by atoms with E-state index in [1.165, 1.54) is 25.0 Å².